The molecule has 0 unspecified atom stereocenters. The molecule has 0 aliphatic rings. The van der Waals surface area contributed by atoms with E-state index in [1.54, 1.807) is 6.07 Å². The Morgan fingerprint density at radius 1 is 1.48 bits per heavy atom. The number of hydrogen-bond donors (Lipinski definition) is 2. The smallest absolute Gasteiger partial charge is 0.264 e. The Morgan fingerprint density at radius 2 is 2.14 bits per heavy atom. The minimum absolute atomic E-state index is 0.0917. The number of amides is 2. The van der Waals surface area contributed by atoms with Gasteiger partial charge in [0.2, 0.25) is 5.91 Å². The molecule has 3 N–H and O–H groups in total. The van der Waals surface area contributed by atoms with Crippen LogP contribution < -0.4 is 5.73 Å². The lowest BCUT2D eigenvalue weighted by Gasteiger charge is -2.22. The van der Waals surface area contributed by atoms with Gasteiger partial charge in [-0.15, -0.1) is 11.3 Å². The molecule has 1 aromatic heterocycles. The SMILES string of the molecule is Cc1cc(C(=O)N(CC(N)=O)CC(C)C)sc1C#CCO. The average Bonchev–Trinajstić information content (AvgIpc) is 2.75. The maximum absolute atomic E-state index is 12.5. The van der Waals surface area contributed by atoms with Gasteiger partial charge in [0.15, 0.2) is 0 Å². The van der Waals surface area contributed by atoms with Gasteiger partial charge in [-0.1, -0.05) is 25.7 Å². The zero-order chi connectivity index (χ0) is 16.0. The Hall–Kier alpha value is -1.84. The second kappa shape index (κ2) is 7.81. The zero-order valence-corrected chi connectivity index (χ0v) is 13.3. The van der Waals surface area contributed by atoms with E-state index in [1.807, 2.05) is 20.8 Å². The maximum atomic E-state index is 12.5. The van der Waals surface area contributed by atoms with E-state index in [1.165, 1.54) is 16.2 Å². The van der Waals surface area contributed by atoms with Crippen LogP contribution in [0.5, 0.6) is 0 Å². The molecular formula is C15H20N2O3S. The second-order valence-corrected chi connectivity index (χ2v) is 6.18. The van der Waals surface area contributed by atoms with Crippen LogP contribution in [0.2, 0.25) is 0 Å². The van der Waals surface area contributed by atoms with Gasteiger partial charge in [0.05, 0.1) is 16.3 Å². The molecule has 0 spiro atoms. The highest BCUT2D eigenvalue weighted by Gasteiger charge is 2.21. The van der Waals surface area contributed by atoms with E-state index < -0.39 is 5.91 Å². The van der Waals surface area contributed by atoms with E-state index in [-0.39, 0.29) is 25.0 Å². The number of carbonyl (C=O) groups excluding carboxylic acids is 2. The topological polar surface area (TPSA) is 83.6 Å². The first-order chi connectivity index (χ1) is 9.85. The van der Waals surface area contributed by atoms with Crippen LogP contribution in [0, 0.1) is 24.7 Å². The van der Waals surface area contributed by atoms with Crippen LogP contribution in [-0.4, -0.2) is 41.5 Å². The molecule has 1 heterocycles. The number of aliphatic hydroxyl groups excluding tert-OH is 1. The number of aryl methyl sites for hydroxylation is 1. The number of carbonyl (C=O) groups is 2. The summed E-state index contributed by atoms with van der Waals surface area (Å²) in [4.78, 5) is 26.3. The Morgan fingerprint density at radius 3 is 2.67 bits per heavy atom. The molecule has 0 atom stereocenters. The molecule has 0 radical (unpaired) electrons. The quantitative estimate of drug-likeness (QED) is 0.796. The molecule has 0 aliphatic carbocycles. The number of rotatable bonds is 5. The van der Waals surface area contributed by atoms with Crippen molar-refractivity contribution >= 4 is 23.2 Å². The first-order valence-corrected chi connectivity index (χ1v) is 7.44. The molecule has 0 saturated carbocycles. The molecule has 0 aromatic carbocycles. The van der Waals surface area contributed by atoms with Gasteiger partial charge in [-0.05, 0) is 24.5 Å². The van der Waals surface area contributed by atoms with Crippen molar-refractivity contribution in [3.8, 4) is 11.8 Å². The molecule has 0 bridgehead atoms. The van der Waals surface area contributed by atoms with Gasteiger partial charge in [-0.3, -0.25) is 9.59 Å². The fraction of sp³-hybridized carbons (Fsp3) is 0.467. The third-order valence-corrected chi connectivity index (χ3v) is 3.77. The van der Waals surface area contributed by atoms with Gasteiger partial charge in [-0.25, -0.2) is 0 Å². The minimum Gasteiger partial charge on any atom is -0.384 e. The Labute approximate surface area is 128 Å². The molecule has 1 rings (SSSR count). The van der Waals surface area contributed by atoms with Gasteiger partial charge in [-0.2, -0.15) is 0 Å². The third kappa shape index (κ3) is 5.21. The maximum Gasteiger partial charge on any atom is 0.264 e. The van der Waals surface area contributed by atoms with Crippen molar-refractivity contribution in [3.05, 3.63) is 21.4 Å². The van der Waals surface area contributed by atoms with Crippen LogP contribution in [0.4, 0.5) is 0 Å². The largest absolute Gasteiger partial charge is 0.384 e. The number of hydrogen-bond acceptors (Lipinski definition) is 4. The minimum atomic E-state index is -0.530. The summed E-state index contributed by atoms with van der Waals surface area (Å²) in [5, 5.41) is 8.73. The number of aliphatic hydroxyl groups is 1. The van der Waals surface area contributed by atoms with Crippen LogP contribution in [0.15, 0.2) is 6.07 Å². The molecule has 6 heteroatoms. The van der Waals surface area contributed by atoms with Gasteiger partial charge in [0.25, 0.3) is 5.91 Å². The summed E-state index contributed by atoms with van der Waals surface area (Å²) in [6.45, 7) is 5.96. The number of nitrogens with two attached hydrogens (primary N) is 1. The number of primary amides is 1. The molecule has 0 saturated heterocycles. The van der Waals surface area contributed by atoms with Crippen LogP contribution in [0.3, 0.4) is 0 Å². The van der Waals surface area contributed by atoms with E-state index in [0.29, 0.717) is 11.4 Å². The van der Waals surface area contributed by atoms with Crippen molar-refractivity contribution in [2.45, 2.75) is 20.8 Å². The lowest BCUT2D eigenvalue weighted by molar-refractivity contribution is -0.118. The van der Waals surface area contributed by atoms with Gasteiger partial charge in [0, 0.05) is 6.54 Å². The summed E-state index contributed by atoms with van der Waals surface area (Å²) in [7, 11) is 0. The van der Waals surface area contributed by atoms with Crippen molar-refractivity contribution in [2.75, 3.05) is 19.7 Å². The first kappa shape index (κ1) is 17.2. The van der Waals surface area contributed by atoms with Crippen LogP contribution in [0.25, 0.3) is 0 Å². The highest BCUT2D eigenvalue weighted by atomic mass is 32.1. The van der Waals surface area contributed by atoms with E-state index >= 15 is 0 Å². The number of thiophene rings is 1. The van der Waals surface area contributed by atoms with Gasteiger partial charge >= 0.3 is 0 Å². The summed E-state index contributed by atoms with van der Waals surface area (Å²) < 4.78 is 0. The summed E-state index contributed by atoms with van der Waals surface area (Å²) in [5.41, 5.74) is 6.09. The molecule has 21 heavy (non-hydrogen) atoms. The predicted octanol–water partition coefficient (Wildman–Crippen LogP) is 0.984. The van der Waals surface area contributed by atoms with Crippen LogP contribution >= 0.6 is 11.3 Å². The van der Waals surface area contributed by atoms with E-state index in [0.717, 1.165) is 10.4 Å². The normalized spacial score (nSPS) is 10.1. The monoisotopic (exact) mass is 308 g/mol. The lowest BCUT2D eigenvalue weighted by atomic mass is 10.2. The van der Waals surface area contributed by atoms with Crippen LogP contribution in [0.1, 0.15) is 34.0 Å². The van der Waals surface area contributed by atoms with Crippen molar-refractivity contribution in [2.24, 2.45) is 11.7 Å². The third-order valence-electron chi connectivity index (χ3n) is 2.63. The lowest BCUT2D eigenvalue weighted by Crippen LogP contribution is -2.40. The fourth-order valence-corrected chi connectivity index (χ4v) is 2.85. The standard InChI is InChI=1S/C15H20N2O3S/c1-10(2)8-17(9-14(16)19)15(20)13-7-11(3)12(21-13)5-4-6-18/h7,10,18H,6,8-9H2,1-3H3,(H2,16,19). The van der Waals surface area contributed by atoms with Gasteiger partial charge < -0.3 is 15.7 Å². The van der Waals surface area contributed by atoms with Crippen molar-refractivity contribution in [1.29, 1.82) is 0 Å². The molecule has 0 fully saturated rings. The Bertz CT molecular complexity index is 581. The molecular weight excluding hydrogens is 288 g/mol. The average molecular weight is 308 g/mol. The zero-order valence-electron chi connectivity index (χ0n) is 12.5. The molecule has 0 aliphatic heterocycles. The summed E-state index contributed by atoms with van der Waals surface area (Å²) in [6.07, 6.45) is 0. The molecule has 5 nitrogen and oxygen atoms in total. The highest BCUT2D eigenvalue weighted by molar-refractivity contribution is 7.14. The van der Waals surface area contributed by atoms with Crippen molar-refractivity contribution in [1.82, 2.24) is 4.90 Å². The molecule has 2 amide bonds. The summed E-state index contributed by atoms with van der Waals surface area (Å²) in [5.74, 6) is 4.88. The Balaban J connectivity index is 3.00. The second-order valence-electron chi connectivity index (χ2n) is 5.13. The summed E-state index contributed by atoms with van der Waals surface area (Å²) >= 11 is 1.26. The Kier molecular flexibility index (Phi) is 6.40. The highest BCUT2D eigenvalue weighted by Crippen LogP contribution is 2.22. The van der Waals surface area contributed by atoms with E-state index in [9.17, 15) is 9.59 Å². The van der Waals surface area contributed by atoms with E-state index in [2.05, 4.69) is 11.8 Å². The van der Waals surface area contributed by atoms with Crippen LogP contribution in [-0.2, 0) is 4.79 Å². The first-order valence-electron chi connectivity index (χ1n) is 6.62. The summed E-state index contributed by atoms with van der Waals surface area (Å²) in [6, 6.07) is 1.75. The van der Waals surface area contributed by atoms with Gasteiger partial charge in [0.1, 0.15) is 6.61 Å². The van der Waals surface area contributed by atoms with Crippen molar-refractivity contribution < 1.29 is 14.7 Å². The molecule has 114 valence electrons. The number of nitrogens with zero attached hydrogens (tertiary/aromatic N) is 1. The predicted molar refractivity (Wildman–Crippen MR) is 83.0 cm³/mol. The van der Waals surface area contributed by atoms with E-state index in [4.69, 9.17) is 10.8 Å². The van der Waals surface area contributed by atoms with Crippen molar-refractivity contribution in [3.63, 3.8) is 0 Å². The molecule has 1 aromatic rings. The fourth-order valence-electron chi connectivity index (χ4n) is 1.84.